The summed E-state index contributed by atoms with van der Waals surface area (Å²) in [6.45, 7) is 3.67. The van der Waals surface area contributed by atoms with Gasteiger partial charge in [-0.3, -0.25) is 9.59 Å². The number of alkyl halides is 2. The minimum absolute atomic E-state index is 0.108. The number of allylic oxidation sites excluding steroid dienone is 2. The van der Waals surface area contributed by atoms with Crippen LogP contribution in [0.5, 0.6) is 0 Å². The Labute approximate surface area is 238 Å². The Balaban J connectivity index is 1.81. The molecule has 4 nitrogen and oxygen atoms in total. The molecule has 0 aliphatic heterocycles. The van der Waals surface area contributed by atoms with Crippen LogP contribution in [-0.2, 0) is 20.4 Å². The fourth-order valence-corrected chi connectivity index (χ4v) is 7.15. The molecule has 2 aromatic rings. The van der Waals surface area contributed by atoms with Gasteiger partial charge in [0.2, 0.25) is 11.8 Å². The van der Waals surface area contributed by atoms with Gasteiger partial charge in [-0.05, 0) is 77.1 Å². The van der Waals surface area contributed by atoms with E-state index in [9.17, 15) is 18.4 Å². The zero-order chi connectivity index (χ0) is 27.2. The number of thioether (sulfide) groups is 1. The van der Waals surface area contributed by atoms with Crippen LogP contribution in [0.2, 0.25) is 5.02 Å². The Hall–Kier alpha value is -1.91. The predicted molar refractivity (Wildman–Crippen MR) is 155 cm³/mol. The summed E-state index contributed by atoms with van der Waals surface area (Å²) in [5, 5.41) is 3.48. The summed E-state index contributed by atoms with van der Waals surface area (Å²) >= 11 is 9.68. The first kappa shape index (κ1) is 28.1. The van der Waals surface area contributed by atoms with Gasteiger partial charge in [-0.1, -0.05) is 60.2 Å². The van der Waals surface area contributed by atoms with Crippen LogP contribution < -0.4 is 11.1 Å². The number of hydrogen-bond acceptors (Lipinski definition) is 3. The van der Waals surface area contributed by atoms with Crippen LogP contribution in [0.1, 0.15) is 35.6 Å². The Bertz CT molecular complexity index is 1300. The van der Waals surface area contributed by atoms with E-state index in [4.69, 9.17) is 17.3 Å². The van der Waals surface area contributed by atoms with Crippen molar-refractivity contribution >= 4 is 57.8 Å². The van der Waals surface area contributed by atoms with Crippen LogP contribution >= 0.6 is 46.0 Å². The molecule has 3 N–H and O–H groups in total. The quantitative estimate of drug-likeness (QED) is 0.339. The van der Waals surface area contributed by atoms with Crippen LogP contribution in [0.25, 0.3) is 0 Å². The van der Waals surface area contributed by atoms with Gasteiger partial charge in [0.15, 0.2) is 0 Å². The Morgan fingerprint density at radius 2 is 1.84 bits per heavy atom. The lowest BCUT2D eigenvalue weighted by molar-refractivity contribution is -0.132. The summed E-state index contributed by atoms with van der Waals surface area (Å²) in [7, 11) is 0. The first-order chi connectivity index (χ1) is 17.4. The summed E-state index contributed by atoms with van der Waals surface area (Å²) in [6, 6.07) is 11.4. The van der Waals surface area contributed by atoms with Crippen molar-refractivity contribution < 1.29 is 18.4 Å². The molecule has 4 atom stereocenters. The molecule has 0 saturated heterocycles. The number of rotatable bonds is 8. The van der Waals surface area contributed by atoms with Gasteiger partial charge in [-0.25, -0.2) is 8.78 Å². The number of carbonyl (C=O) groups excluding carboxylic acids is 2. The van der Waals surface area contributed by atoms with Crippen molar-refractivity contribution in [1.29, 1.82) is 0 Å². The van der Waals surface area contributed by atoms with Crippen LogP contribution in [0.15, 0.2) is 64.3 Å². The number of aryl methyl sites for hydroxylation is 1. The number of amides is 2. The SMILES string of the molecule is CSCC(C)NC(=O)C1C(I)=CC=CC1(C(N)=O)c1ccc(C2(c3ccc(Cl)cc3)CC2(F)F)cc1C. The van der Waals surface area contributed by atoms with E-state index in [-0.39, 0.29) is 18.4 Å². The van der Waals surface area contributed by atoms with Gasteiger partial charge < -0.3 is 11.1 Å². The lowest BCUT2D eigenvalue weighted by Gasteiger charge is -2.39. The minimum Gasteiger partial charge on any atom is -0.369 e. The molecular weight excluding hydrogens is 629 g/mol. The van der Waals surface area contributed by atoms with Gasteiger partial charge in [-0.2, -0.15) is 11.8 Å². The number of carbonyl (C=O) groups is 2. The monoisotopic (exact) mass is 656 g/mol. The largest absolute Gasteiger partial charge is 0.369 e. The highest BCUT2D eigenvalue weighted by molar-refractivity contribution is 14.1. The summed E-state index contributed by atoms with van der Waals surface area (Å²) < 4.78 is 30.5. The fraction of sp³-hybridized carbons (Fsp3) is 0.357. The molecule has 0 bridgehead atoms. The second kappa shape index (κ2) is 10.3. The summed E-state index contributed by atoms with van der Waals surface area (Å²) in [5.41, 5.74) is 5.16. The lowest BCUT2D eigenvalue weighted by Crippen LogP contribution is -2.54. The van der Waals surface area contributed by atoms with E-state index >= 15 is 0 Å². The number of hydrogen-bond donors (Lipinski definition) is 2. The van der Waals surface area contributed by atoms with Gasteiger partial charge in [0, 0.05) is 26.8 Å². The third-order valence-corrected chi connectivity index (χ3v) is 9.38. The number of primary amides is 1. The van der Waals surface area contributed by atoms with Crippen molar-refractivity contribution in [1.82, 2.24) is 5.32 Å². The van der Waals surface area contributed by atoms with E-state index in [1.165, 1.54) is 0 Å². The molecule has 0 aromatic heterocycles. The second-order valence-electron chi connectivity index (χ2n) is 9.77. The normalized spacial score (nSPS) is 26.8. The van der Waals surface area contributed by atoms with Crippen molar-refractivity contribution in [2.24, 2.45) is 11.7 Å². The molecule has 2 aliphatic rings. The molecule has 196 valence electrons. The maximum atomic E-state index is 14.9. The molecule has 2 aliphatic carbocycles. The van der Waals surface area contributed by atoms with Crippen LogP contribution in [0, 0.1) is 12.8 Å². The number of halogens is 4. The molecule has 2 aromatic carbocycles. The molecule has 0 radical (unpaired) electrons. The maximum Gasteiger partial charge on any atom is 0.263 e. The van der Waals surface area contributed by atoms with Gasteiger partial charge in [0.25, 0.3) is 5.92 Å². The van der Waals surface area contributed by atoms with E-state index in [0.29, 0.717) is 36.6 Å². The molecule has 1 fully saturated rings. The first-order valence-electron chi connectivity index (χ1n) is 11.8. The molecule has 37 heavy (non-hydrogen) atoms. The average Bonchev–Trinajstić information content (AvgIpc) is 3.42. The van der Waals surface area contributed by atoms with Gasteiger partial charge in [0.05, 0.1) is 11.3 Å². The third kappa shape index (κ3) is 4.74. The Morgan fingerprint density at radius 3 is 2.38 bits per heavy atom. The van der Waals surface area contributed by atoms with Crippen molar-refractivity contribution in [3.63, 3.8) is 0 Å². The van der Waals surface area contributed by atoms with Crippen molar-refractivity contribution in [2.45, 2.75) is 43.1 Å². The van der Waals surface area contributed by atoms with Gasteiger partial charge >= 0.3 is 0 Å². The van der Waals surface area contributed by atoms with E-state index in [1.807, 2.05) is 13.2 Å². The molecule has 4 unspecified atom stereocenters. The maximum absolute atomic E-state index is 14.9. The average molecular weight is 657 g/mol. The molecule has 9 heteroatoms. The molecule has 4 rings (SSSR count). The summed E-state index contributed by atoms with van der Waals surface area (Å²) in [6.07, 6.45) is 6.80. The van der Waals surface area contributed by atoms with Crippen LogP contribution in [0.4, 0.5) is 8.78 Å². The fourth-order valence-electron chi connectivity index (χ4n) is 5.46. The molecule has 0 spiro atoms. The minimum atomic E-state index is -2.92. The zero-order valence-corrected chi connectivity index (χ0v) is 24.4. The standard InChI is InChI=1S/C28H28ClF2IN2O2S/c1-16-13-19(27(15-28(27,30)31)18-6-9-20(29)10-7-18)8-11-21(16)26(25(33)36)12-4-5-22(32)23(26)24(35)34-17(2)14-37-3/h4-13,17,23H,14-15H2,1-3H3,(H2,33,36)(H,34,35). The zero-order valence-electron chi connectivity index (χ0n) is 20.7. The van der Waals surface area contributed by atoms with E-state index in [1.54, 1.807) is 79.4 Å². The smallest absolute Gasteiger partial charge is 0.263 e. The van der Waals surface area contributed by atoms with Crippen molar-refractivity contribution in [3.8, 4) is 0 Å². The van der Waals surface area contributed by atoms with E-state index in [0.717, 1.165) is 0 Å². The summed E-state index contributed by atoms with van der Waals surface area (Å²) in [4.78, 5) is 26.7. The Morgan fingerprint density at radius 1 is 1.22 bits per heavy atom. The second-order valence-corrected chi connectivity index (χ2v) is 12.4. The van der Waals surface area contributed by atoms with Crippen molar-refractivity contribution in [2.75, 3.05) is 12.0 Å². The van der Waals surface area contributed by atoms with Crippen LogP contribution in [-0.4, -0.2) is 35.8 Å². The topological polar surface area (TPSA) is 72.2 Å². The molecule has 2 amide bonds. The molecule has 0 heterocycles. The van der Waals surface area contributed by atoms with Crippen LogP contribution in [0.3, 0.4) is 0 Å². The van der Waals surface area contributed by atoms with Gasteiger partial charge in [0.1, 0.15) is 5.41 Å². The van der Waals surface area contributed by atoms with Gasteiger partial charge in [-0.15, -0.1) is 0 Å². The van der Waals surface area contributed by atoms with Crippen molar-refractivity contribution in [3.05, 3.63) is 91.5 Å². The molecule has 1 saturated carbocycles. The lowest BCUT2D eigenvalue weighted by atomic mass is 9.65. The number of nitrogens with one attached hydrogen (secondary N) is 1. The first-order valence-corrected chi connectivity index (χ1v) is 14.7. The number of benzene rings is 2. The predicted octanol–water partition coefficient (Wildman–Crippen LogP) is 6.07. The highest BCUT2D eigenvalue weighted by atomic mass is 127. The summed E-state index contributed by atoms with van der Waals surface area (Å²) in [5.74, 6) is -4.07. The Kier molecular flexibility index (Phi) is 7.85. The number of nitrogens with two attached hydrogens (primary N) is 1. The van der Waals surface area contributed by atoms with E-state index in [2.05, 4.69) is 27.9 Å². The molecular formula is C28H28ClF2IN2O2S. The van der Waals surface area contributed by atoms with E-state index < -0.39 is 28.6 Å². The third-order valence-electron chi connectivity index (χ3n) is 7.31. The highest BCUT2D eigenvalue weighted by Crippen LogP contribution is 2.65. The highest BCUT2D eigenvalue weighted by Gasteiger charge is 2.72.